The molecule has 3 aromatic rings. The summed E-state index contributed by atoms with van der Waals surface area (Å²) in [7, 11) is 0. The van der Waals surface area contributed by atoms with Crippen molar-refractivity contribution in [2.24, 2.45) is 5.73 Å². The number of allylic oxidation sites excluding steroid dienone is 1. The van der Waals surface area contributed by atoms with Gasteiger partial charge in [0.25, 0.3) is 0 Å². The molecule has 1 aliphatic heterocycles. The zero-order valence-corrected chi connectivity index (χ0v) is 13.4. The summed E-state index contributed by atoms with van der Waals surface area (Å²) >= 11 is 0. The van der Waals surface area contributed by atoms with Crippen LogP contribution in [0.3, 0.4) is 0 Å². The van der Waals surface area contributed by atoms with E-state index in [2.05, 4.69) is 0 Å². The van der Waals surface area contributed by atoms with Crippen molar-refractivity contribution in [3.63, 3.8) is 0 Å². The van der Waals surface area contributed by atoms with E-state index in [1.165, 1.54) is 0 Å². The lowest BCUT2D eigenvalue weighted by Crippen LogP contribution is -2.30. The van der Waals surface area contributed by atoms with Crippen LogP contribution in [0.1, 0.15) is 21.8 Å². The number of nitrogens with zero attached hydrogens (tertiary/aromatic N) is 1. The molecular formula is C20H12N2O4. The Hall–Kier alpha value is -3.85. The fourth-order valence-electron chi connectivity index (χ4n) is 3.10. The summed E-state index contributed by atoms with van der Waals surface area (Å²) in [5.74, 6) is -1.63. The van der Waals surface area contributed by atoms with Crippen molar-refractivity contribution in [3.05, 3.63) is 87.6 Å². The van der Waals surface area contributed by atoms with E-state index in [9.17, 15) is 14.9 Å². The van der Waals surface area contributed by atoms with Gasteiger partial charge in [0, 0.05) is 5.56 Å². The van der Waals surface area contributed by atoms with Gasteiger partial charge in [-0.1, -0.05) is 42.5 Å². The van der Waals surface area contributed by atoms with Crippen molar-refractivity contribution in [2.45, 2.75) is 5.92 Å². The Bertz CT molecular complexity index is 1170. The zero-order valence-electron chi connectivity index (χ0n) is 13.4. The van der Waals surface area contributed by atoms with Gasteiger partial charge in [0.05, 0.1) is 16.9 Å². The minimum atomic E-state index is -1.17. The molecule has 26 heavy (non-hydrogen) atoms. The fourth-order valence-corrected chi connectivity index (χ4v) is 3.10. The van der Waals surface area contributed by atoms with Crippen LogP contribution in [-0.2, 0) is 0 Å². The summed E-state index contributed by atoms with van der Waals surface area (Å²) in [6.07, 6.45) is 0. The van der Waals surface area contributed by atoms with E-state index in [1.54, 1.807) is 54.6 Å². The Kier molecular flexibility index (Phi) is 3.55. The van der Waals surface area contributed by atoms with Crippen LogP contribution in [0.5, 0.6) is 5.75 Å². The van der Waals surface area contributed by atoms with Crippen molar-refractivity contribution in [1.29, 1.82) is 5.26 Å². The first kappa shape index (κ1) is 15.7. The number of fused-ring (bicyclic) bond motifs is 3. The summed E-state index contributed by atoms with van der Waals surface area (Å²) in [6, 6.07) is 17.1. The Morgan fingerprint density at radius 3 is 2.50 bits per heavy atom. The molecule has 1 aliphatic rings. The number of Topliss-reactive ketones (excluding diaryl/α,β-unsaturated/α-hetero) is 1. The summed E-state index contributed by atoms with van der Waals surface area (Å²) < 4.78 is 10.9. The Balaban J connectivity index is 2.03. The third-order valence-electron chi connectivity index (χ3n) is 4.29. The SMILES string of the molecule is N#CC1=C(N)Oc2c(c(=O)oc3ccccc23)C1C(=O)c1ccccc1. The topological polar surface area (TPSA) is 106 Å². The van der Waals surface area contributed by atoms with Gasteiger partial charge in [-0.2, -0.15) is 5.26 Å². The van der Waals surface area contributed by atoms with E-state index >= 15 is 0 Å². The highest BCUT2D eigenvalue weighted by atomic mass is 16.5. The van der Waals surface area contributed by atoms with E-state index in [1.807, 2.05) is 6.07 Å². The van der Waals surface area contributed by atoms with Gasteiger partial charge in [0.2, 0.25) is 5.88 Å². The van der Waals surface area contributed by atoms with Gasteiger partial charge in [-0.15, -0.1) is 0 Å². The van der Waals surface area contributed by atoms with E-state index < -0.39 is 17.3 Å². The first-order valence-electron chi connectivity index (χ1n) is 7.84. The Labute approximate surface area is 147 Å². The predicted molar refractivity (Wildman–Crippen MR) is 93.5 cm³/mol. The molecule has 6 heteroatoms. The molecule has 0 fully saturated rings. The molecular weight excluding hydrogens is 332 g/mol. The number of hydrogen-bond donors (Lipinski definition) is 1. The van der Waals surface area contributed by atoms with Gasteiger partial charge < -0.3 is 14.9 Å². The second-order valence-corrected chi connectivity index (χ2v) is 5.78. The third-order valence-corrected chi connectivity index (χ3v) is 4.29. The Morgan fingerprint density at radius 1 is 1.08 bits per heavy atom. The molecule has 2 aromatic carbocycles. The molecule has 0 aliphatic carbocycles. The average molecular weight is 344 g/mol. The normalized spacial score (nSPS) is 15.9. The lowest BCUT2D eigenvalue weighted by Gasteiger charge is -2.24. The lowest BCUT2D eigenvalue weighted by atomic mass is 9.83. The number of ketones is 1. The van der Waals surface area contributed by atoms with Crippen LogP contribution in [0.15, 0.2) is 75.3 Å². The van der Waals surface area contributed by atoms with Crippen LogP contribution in [-0.4, -0.2) is 5.78 Å². The van der Waals surface area contributed by atoms with Crippen molar-refractivity contribution in [2.75, 3.05) is 0 Å². The smallest absolute Gasteiger partial charge is 0.344 e. The number of nitriles is 1. The number of rotatable bonds is 2. The van der Waals surface area contributed by atoms with Crippen LogP contribution >= 0.6 is 0 Å². The highest BCUT2D eigenvalue weighted by Crippen LogP contribution is 2.41. The highest BCUT2D eigenvalue weighted by molar-refractivity contribution is 6.05. The molecule has 2 heterocycles. The maximum atomic E-state index is 13.1. The summed E-state index contributed by atoms with van der Waals surface area (Å²) in [5.41, 5.74) is 5.73. The molecule has 126 valence electrons. The van der Waals surface area contributed by atoms with Gasteiger partial charge in [0.1, 0.15) is 17.2 Å². The maximum Gasteiger partial charge on any atom is 0.344 e. The number of nitrogens with two attached hydrogens (primary N) is 1. The van der Waals surface area contributed by atoms with E-state index in [0.717, 1.165) is 0 Å². The molecule has 2 N–H and O–H groups in total. The quantitative estimate of drug-likeness (QED) is 0.566. The highest BCUT2D eigenvalue weighted by Gasteiger charge is 2.39. The number of para-hydroxylation sites is 1. The van der Waals surface area contributed by atoms with Gasteiger partial charge in [-0.05, 0) is 12.1 Å². The number of carbonyl (C=O) groups excluding carboxylic acids is 1. The van der Waals surface area contributed by atoms with Crippen LogP contribution in [0, 0.1) is 11.3 Å². The summed E-state index contributed by atoms with van der Waals surface area (Å²) in [4.78, 5) is 25.7. The van der Waals surface area contributed by atoms with E-state index in [-0.39, 0.29) is 22.8 Å². The zero-order chi connectivity index (χ0) is 18.3. The molecule has 6 nitrogen and oxygen atoms in total. The molecule has 0 radical (unpaired) electrons. The molecule has 0 saturated heterocycles. The fraction of sp³-hybridized carbons (Fsp3) is 0.0500. The second kappa shape index (κ2) is 5.90. The number of carbonyl (C=O) groups is 1. The molecule has 1 aromatic heterocycles. The largest absolute Gasteiger partial charge is 0.439 e. The van der Waals surface area contributed by atoms with Crippen molar-refractivity contribution < 1.29 is 13.9 Å². The van der Waals surface area contributed by atoms with Crippen LogP contribution in [0.2, 0.25) is 0 Å². The first-order chi connectivity index (χ1) is 12.6. The van der Waals surface area contributed by atoms with Crippen LogP contribution in [0.25, 0.3) is 11.0 Å². The minimum absolute atomic E-state index is 0.0108. The number of benzene rings is 2. The van der Waals surface area contributed by atoms with Gasteiger partial charge in [-0.3, -0.25) is 4.79 Å². The number of hydrogen-bond acceptors (Lipinski definition) is 6. The van der Waals surface area contributed by atoms with E-state index in [0.29, 0.717) is 16.5 Å². The second-order valence-electron chi connectivity index (χ2n) is 5.78. The molecule has 0 saturated carbocycles. The molecule has 0 amide bonds. The molecule has 4 rings (SSSR count). The monoisotopic (exact) mass is 344 g/mol. The van der Waals surface area contributed by atoms with Crippen LogP contribution < -0.4 is 16.1 Å². The molecule has 1 atom stereocenters. The van der Waals surface area contributed by atoms with Crippen molar-refractivity contribution in [3.8, 4) is 11.8 Å². The third kappa shape index (κ3) is 2.26. The number of ether oxygens (including phenoxy) is 1. The standard InChI is InChI=1S/C20H12N2O4/c21-10-13-15(17(23)11-6-2-1-3-7-11)16-18(26-19(13)22)12-8-4-5-9-14(12)25-20(16)24/h1-9,15H,22H2. The van der Waals surface area contributed by atoms with Crippen molar-refractivity contribution in [1.82, 2.24) is 0 Å². The van der Waals surface area contributed by atoms with Gasteiger partial charge in [-0.25, -0.2) is 4.79 Å². The first-order valence-corrected chi connectivity index (χ1v) is 7.84. The van der Waals surface area contributed by atoms with E-state index in [4.69, 9.17) is 14.9 Å². The predicted octanol–water partition coefficient (Wildman–Crippen LogP) is 2.85. The Morgan fingerprint density at radius 2 is 1.77 bits per heavy atom. The molecule has 0 bridgehead atoms. The van der Waals surface area contributed by atoms with Gasteiger partial charge >= 0.3 is 5.63 Å². The summed E-state index contributed by atoms with van der Waals surface area (Å²) in [6.45, 7) is 0. The minimum Gasteiger partial charge on any atom is -0.439 e. The lowest BCUT2D eigenvalue weighted by molar-refractivity contribution is 0.0967. The molecule has 1 unspecified atom stereocenters. The average Bonchev–Trinajstić information content (AvgIpc) is 2.67. The van der Waals surface area contributed by atoms with Crippen LogP contribution in [0.4, 0.5) is 0 Å². The van der Waals surface area contributed by atoms with Gasteiger partial charge in [0.15, 0.2) is 11.5 Å². The van der Waals surface area contributed by atoms with Crippen molar-refractivity contribution >= 4 is 16.8 Å². The molecule has 0 spiro atoms. The summed E-state index contributed by atoms with van der Waals surface area (Å²) in [5, 5.41) is 10.0. The maximum absolute atomic E-state index is 13.1.